The molecule has 1 aliphatic heterocycles. The number of nitrogens with zero attached hydrogens (tertiary/aromatic N) is 4. The fourth-order valence-corrected chi connectivity index (χ4v) is 4.92. The second-order valence-electron chi connectivity index (χ2n) is 9.18. The van der Waals surface area contributed by atoms with Crippen molar-refractivity contribution in [3.8, 4) is 6.07 Å². The number of rotatable bonds is 6. The Balaban J connectivity index is 1.96. The Bertz CT molecular complexity index is 883. The molecule has 1 aromatic carbocycles. The van der Waals surface area contributed by atoms with Crippen molar-refractivity contribution in [3.63, 3.8) is 0 Å². The number of benzene rings is 1. The zero-order valence-corrected chi connectivity index (χ0v) is 20.5. The van der Waals surface area contributed by atoms with Gasteiger partial charge in [0.2, 0.25) is 0 Å². The number of piperidine rings is 1. The summed E-state index contributed by atoms with van der Waals surface area (Å²) in [5.74, 6) is 0.812. The molecule has 0 spiro atoms. The average molecular weight is 468 g/mol. The minimum absolute atomic E-state index is 0.199. The Morgan fingerprint density at radius 2 is 1.85 bits per heavy atom. The molecule has 34 heavy (non-hydrogen) atoms. The lowest BCUT2D eigenvalue weighted by atomic mass is 9.87. The maximum absolute atomic E-state index is 14.0. The molecule has 184 valence electrons. The van der Waals surface area contributed by atoms with E-state index in [0.29, 0.717) is 44.0 Å². The van der Waals surface area contributed by atoms with Gasteiger partial charge in [0.05, 0.1) is 12.7 Å². The number of carbonyl (C=O) groups excluding carboxylic acids is 2. The monoisotopic (exact) mass is 467 g/mol. The molecule has 1 saturated carbocycles. The van der Waals surface area contributed by atoms with Crippen LogP contribution < -0.4 is 5.32 Å². The third-order valence-electron chi connectivity index (χ3n) is 7.04. The fourth-order valence-electron chi connectivity index (χ4n) is 4.92. The first-order valence-corrected chi connectivity index (χ1v) is 12.5. The summed E-state index contributed by atoms with van der Waals surface area (Å²) in [5, 5.41) is 13.3. The topological polar surface area (TPSA) is 98.0 Å². The van der Waals surface area contributed by atoms with Crippen molar-refractivity contribution in [2.75, 3.05) is 33.3 Å². The van der Waals surface area contributed by atoms with Crippen LogP contribution in [0.25, 0.3) is 0 Å². The van der Waals surface area contributed by atoms with Crippen LogP contribution in [-0.2, 0) is 4.74 Å². The van der Waals surface area contributed by atoms with Crippen LogP contribution >= 0.6 is 0 Å². The molecule has 1 N–H and O–H groups in total. The second kappa shape index (κ2) is 12.5. The molecule has 0 atom stereocenters. The predicted octanol–water partition coefficient (Wildman–Crippen LogP) is 4.56. The van der Waals surface area contributed by atoms with E-state index in [-0.39, 0.29) is 18.5 Å². The van der Waals surface area contributed by atoms with Crippen LogP contribution in [0.2, 0.25) is 0 Å². The quantitative estimate of drug-likeness (QED) is 0.488. The van der Waals surface area contributed by atoms with Gasteiger partial charge >= 0.3 is 12.1 Å². The summed E-state index contributed by atoms with van der Waals surface area (Å²) < 4.78 is 5.10. The fraction of sp³-hybridized carbons (Fsp3) is 0.615. The number of amidine groups is 1. The lowest BCUT2D eigenvalue weighted by molar-refractivity contribution is 0.124. The van der Waals surface area contributed by atoms with Crippen molar-refractivity contribution >= 4 is 18.0 Å². The van der Waals surface area contributed by atoms with E-state index in [2.05, 4.69) is 16.4 Å². The summed E-state index contributed by atoms with van der Waals surface area (Å²) >= 11 is 0. The Morgan fingerprint density at radius 3 is 2.47 bits per heavy atom. The Morgan fingerprint density at radius 1 is 1.18 bits per heavy atom. The maximum Gasteiger partial charge on any atom is 0.435 e. The van der Waals surface area contributed by atoms with E-state index in [4.69, 9.17) is 4.74 Å². The van der Waals surface area contributed by atoms with Crippen LogP contribution in [-0.4, -0.2) is 66.6 Å². The Labute approximate surface area is 203 Å². The summed E-state index contributed by atoms with van der Waals surface area (Å²) in [7, 11) is 1.69. The van der Waals surface area contributed by atoms with E-state index >= 15 is 0 Å². The summed E-state index contributed by atoms with van der Waals surface area (Å²) in [6.45, 7) is 3.71. The van der Waals surface area contributed by atoms with Crippen molar-refractivity contribution in [3.05, 3.63) is 35.9 Å². The number of carbonyl (C=O) groups is 2. The highest BCUT2D eigenvalue weighted by Crippen LogP contribution is 2.29. The standard InChI is InChI=1S/C26H37N5O3/c1-3-34-24(32)29-23(22-12-8-5-9-13-22)31(19-14-21-10-6-4-7-11-21)25(33)30(2)26(20-27)15-17-28-18-16-26/h5,8-9,12-13,21,28H,3-4,6-7,10-11,14-19H2,1-2H3. The largest absolute Gasteiger partial charge is 0.448 e. The van der Waals surface area contributed by atoms with Gasteiger partial charge < -0.3 is 15.0 Å². The van der Waals surface area contributed by atoms with Crippen LogP contribution in [0.5, 0.6) is 0 Å². The van der Waals surface area contributed by atoms with Gasteiger partial charge in [-0.15, -0.1) is 0 Å². The van der Waals surface area contributed by atoms with Crippen LogP contribution in [0.3, 0.4) is 0 Å². The molecule has 0 bridgehead atoms. The van der Waals surface area contributed by atoms with E-state index in [1.807, 2.05) is 30.3 Å². The molecule has 1 saturated heterocycles. The zero-order chi connectivity index (χ0) is 24.4. The van der Waals surface area contributed by atoms with Crippen LogP contribution in [0, 0.1) is 17.2 Å². The number of hydrogen-bond acceptors (Lipinski definition) is 5. The summed E-state index contributed by atoms with van der Waals surface area (Å²) in [4.78, 5) is 33.8. The number of nitrogens with one attached hydrogen (secondary N) is 1. The van der Waals surface area contributed by atoms with Crippen molar-refractivity contribution in [1.29, 1.82) is 5.26 Å². The van der Waals surface area contributed by atoms with Crippen molar-refractivity contribution in [2.24, 2.45) is 10.9 Å². The molecule has 0 radical (unpaired) electrons. The minimum atomic E-state index is -0.892. The lowest BCUT2D eigenvalue weighted by Crippen LogP contribution is -2.58. The van der Waals surface area contributed by atoms with Gasteiger partial charge in [0, 0.05) is 19.2 Å². The molecule has 3 amide bonds. The maximum atomic E-state index is 14.0. The van der Waals surface area contributed by atoms with Gasteiger partial charge in [-0.2, -0.15) is 10.3 Å². The molecule has 3 rings (SSSR count). The first kappa shape index (κ1) is 25.7. The van der Waals surface area contributed by atoms with E-state index in [0.717, 1.165) is 19.3 Å². The number of ether oxygens (including phenoxy) is 1. The molecule has 8 heteroatoms. The molecule has 8 nitrogen and oxygen atoms in total. The van der Waals surface area contributed by atoms with Gasteiger partial charge in [-0.3, -0.25) is 4.90 Å². The molecule has 1 aliphatic carbocycles. The van der Waals surface area contributed by atoms with E-state index in [9.17, 15) is 14.9 Å². The van der Waals surface area contributed by atoms with Gasteiger partial charge in [-0.25, -0.2) is 9.59 Å². The van der Waals surface area contributed by atoms with Crippen LogP contribution in [0.4, 0.5) is 9.59 Å². The predicted molar refractivity (Wildman–Crippen MR) is 132 cm³/mol. The van der Waals surface area contributed by atoms with Gasteiger partial charge in [0.1, 0.15) is 5.54 Å². The normalized spacial score (nSPS) is 18.6. The summed E-state index contributed by atoms with van der Waals surface area (Å²) in [6, 6.07) is 11.4. The molecule has 0 aromatic heterocycles. The number of hydrogen-bond donors (Lipinski definition) is 1. The third kappa shape index (κ3) is 6.35. The highest BCUT2D eigenvalue weighted by atomic mass is 16.5. The van der Waals surface area contributed by atoms with Crippen LogP contribution in [0.15, 0.2) is 35.3 Å². The molecular formula is C26H37N5O3. The zero-order valence-electron chi connectivity index (χ0n) is 20.5. The lowest BCUT2D eigenvalue weighted by Gasteiger charge is -2.41. The number of aliphatic imine (C=N–C) groups is 1. The first-order valence-electron chi connectivity index (χ1n) is 12.5. The number of nitriles is 1. The number of urea groups is 1. The van der Waals surface area contributed by atoms with Crippen molar-refractivity contribution < 1.29 is 14.3 Å². The van der Waals surface area contributed by atoms with E-state index in [1.165, 1.54) is 19.3 Å². The molecule has 1 heterocycles. The Hall–Kier alpha value is -2.92. The van der Waals surface area contributed by atoms with E-state index < -0.39 is 11.6 Å². The minimum Gasteiger partial charge on any atom is -0.448 e. The number of amides is 3. The summed E-state index contributed by atoms with van der Waals surface area (Å²) in [6.07, 6.45) is 7.21. The average Bonchev–Trinajstić information content (AvgIpc) is 2.89. The molecular weight excluding hydrogens is 430 g/mol. The third-order valence-corrected chi connectivity index (χ3v) is 7.04. The molecule has 2 aliphatic rings. The highest BCUT2D eigenvalue weighted by molar-refractivity contribution is 6.10. The first-order chi connectivity index (χ1) is 16.5. The second-order valence-corrected chi connectivity index (χ2v) is 9.18. The van der Waals surface area contributed by atoms with Crippen molar-refractivity contribution in [1.82, 2.24) is 15.1 Å². The van der Waals surface area contributed by atoms with Gasteiger partial charge in [0.15, 0.2) is 5.84 Å². The summed E-state index contributed by atoms with van der Waals surface area (Å²) in [5.41, 5.74) is -0.228. The van der Waals surface area contributed by atoms with Gasteiger partial charge in [0.25, 0.3) is 0 Å². The van der Waals surface area contributed by atoms with Gasteiger partial charge in [-0.1, -0.05) is 62.4 Å². The van der Waals surface area contributed by atoms with E-state index in [1.54, 1.807) is 23.8 Å². The molecule has 1 aromatic rings. The van der Waals surface area contributed by atoms with Crippen LogP contribution in [0.1, 0.15) is 63.9 Å². The SMILES string of the molecule is CCOC(=O)N=C(c1ccccc1)N(CCC1CCCCC1)C(=O)N(C)C1(C#N)CCNCC1. The molecule has 2 fully saturated rings. The van der Waals surface area contributed by atoms with Gasteiger partial charge in [-0.05, 0) is 45.2 Å². The highest BCUT2D eigenvalue weighted by Gasteiger charge is 2.41. The Kier molecular flexibility index (Phi) is 9.46. The van der Waals surface area contributed by atoms with Crippen molar-refractivity contribution in [2.45, 2.75) is 63.8 Å². The smallest absolute Gasteiger partial charge is 0.435 e. The molecule has 0 unspecified atom stereocenters.